The summed E-state index contributed by atoms with van der Waals surface area (Å²) in [5.74, 6) is 0.282. The normalized spacial score (nSPS) is 22.6. The lowest BCUT2D eigenvalue weighted by Crippen LogP contribution is -2.52. The Kier molecular flexibility index (Phi) is 6.10. The van der Waals surface area contributed by atoms with Crippen LogP contribution >= 0.6 is 0 Å². The molecule has 1 unspecified atom stereocenters. The van der Waals surface area contributed by atoms with Gasteiger partial charge in [-0.05, 0) is 31.7 Å². The molecule has 1 atom stereocenters. The van der Waals surface area contributed by atoms with E-state index in [0.717, 1.165) is 57.7 Å². The second-order valence-corrected chi connectivity index (χ2v) is 7.63. The Hall–Kier alpha value is -1.43. The molecule has 138 valence electrons. The minimum Gasteiger partial charge on any atom is -0.384 e. The van der Waals surface area contributed by atoms with E-state index in [-0.39, 0.29) is 5.91 Å². The summed E-state index contributed by atoms with van der Waals surface area (Å²) in [7, 11) is 0. The average molecular weight is 345 g/mol. The molecule has 0 aliphatic carbocycles. The fourth-order valence-electron chi connectivity index (χ4n) is 3.86. The van der Waals surface area contributed by atoms with Crippen molar-refractivity contribution in [3.8, 4) is 0 Å². The molecule has 2 saturated heterocycles. The molecule has 0 spiro atoms. The lowest BCUT2D eigenvalue weighted by Gasteiger charge is -2.39. The molecule has 2 heterocycles. The van der Waals surface area contributed by atoms with Crippen LogP contribution in [0.1, 0.15) is 31.7 Å². The smallest absolute Gasteiger partial charge is 0.236 e. The number of piperidine rings is 1. The number of β-amino-alcohol motifs (C(OH)–C–C–N with tert-alkyl or cyclic N) is 1. The Morgan fingerprint density at radius 2 is 1.56 bits per heavy atom. The van der Waals surface area contributed by atoms with Gasteiger partial charge in [-0.2, -0.15) is 0 Å². The van der Waals surface area contributed by atoms with E-state index < -0.39 is 5.60 Å². The van der Waals surface area contributed by atoms with E-state index in [2.05, 4.69) is 9.80 Å². The predicted molar refractivity (Wildman–Crippen MR) is 99.3 cm³/mol. The summed E-state index contributed by atoms with van der Waals surface area (Å²) < 4.78 is 0. The molecule has 0 aromatic heterocycles. The molecule has 3 rings (SSSR count). The Morgan fingerprint density at radius 1 is 0.960 bits per heavy atom. The van der Waals surface area contributed by atoms with Crippen molar-refractivity contribution in [3.05, 3.63) is 35.9 Å². The van der Waals surface area contributed by atoms with Crippen molar-refractivity contribution >= 4 is 5.91 Å². The number of amides is 1. The molecule has 1 aromatic rings. The Bertz CT molecular complexity index is 547. The van der Waals surface area contributed by atoms with Crippen LogP contribution in [0, 0.1) is 0 Å². The van der Waals surface area contributed by atoms with Gasteiger partial charge in [-0.25, -0.2) is 0 Å². The molecule has 0 bridgehead atoms. The Labute approximate surface area is 151 Å². The third-order valence-electron chi connectivity index (χ3n) is 5.46. The monoisotopic (exact) mass is 345 g/mol. The molecule has 25 heavy (non-hydrogen) atoms. The average Bonchev–Trinajstić information content (AvgIpc) is 2.64. The topological polar surface area (TPSA) is 47.0 Å². The summed E-state index contributed by atoms with van der Waals surface area (Å²) in [4.78, 5) is 19.0. The fourth-order valence-corrected chi connectivity index (χ4v) is 3.86. The second kappa shape index (κ2) is 8.30. The first-order valence-electron chi connectivity index (χ1n) is 9.55. The van der Waals surface area contributed by atoms with E-state index in [1.54, 1.807) is 0 Å². The van der Waals surface area contributed by atoms with Crippen molar-refractivity contribution in [3.63, 3.8) is 0 Å². The van der Waals surface area contributed by atoms with Crippen LogP contribution in [-0.4, -0.2) is 78.1 Å². The number of hydrogen-bond acceptors (Lipinski definition) is 4. The molecule has 1 N–H and O–H groups in total. The van der Waals surface area contributed by atoms with Crippen LogP contribution in [0.5, 0.6) is 0 Å². The highest BCUT2D eigenvalue weighted by Crippen LogP contribution is 2.22. The third kappa shape index (κ3) is 5.03. The molecule has 1 amide bonds. The van der Waals surface area contributed by atoms with Crippen molar-refractivity contribution in [1.29, 1.82) is 0 Å². The van der Waals surface area contributed by atoms with Gasteiger partial charge in [-0.1, -0.05) is 30.3 Å². The van der Waals surface area contributed by atoms with Gasteiger partial charge in [0.15, 0.2) is 0 Å². The van der Waals surface area contributed by atoms with E-state index in [0.29, 0.717) is 13.1 Å². The van der Waals surface area contributed by atoms with Crippen molar-refractivity contribution in [2.45, 2.75) is 31.8 Å². The van der Waals surface area contributed by atoms with Crippen LogP contribution in [0.2, 0.25) is 0 Å². The van der Waals surface area contributed by atoms with Crippen molar-refractivity contribution in [2.75, 3.05) is 52.4 Å². The van der Waals surface area contributed by atoms with Gasteiger partial charge < -0.3 is 10.0 Å². The second-order valence-electron chi connectivity index (χ2n) is 7.63. The Morgan fingerprint density at radius 3 is 2.20 bits per heavy atom. The highest BCUT2D eigenvalue weighted by Gasteiger charge is 2.29. The van der Waals surface area contributed by atoms with E-state index in [1.807, 2.05) is 42.2 Å². The molecular formula is C20H31N3O2. The predicted octanol–water partition coefficient (Wildman–Crippen LogP) is 1.52. The standard InChI is InChI=1S/C20H31N3O2/c1-20(25,18-8-4-2-5-9-18)17-22-14-12-21(13-15-22)16-19(24)23-10-6-3-7-11-23/h2,4-5,8-9,25H,3,6-7,10-17H2,1H3. The van der Waals surface area contributed by atoms with Gasteiger partial charge in [0.1, 0.15) is 0 Å². The maximum atomic E-state index is 12.4. The molecule has 2 aliphatic heterocycles. The maximum Gasteiger partial charge on any atom is 0.236 e. The molecule has 1 aromatic carbocycles. The number of rotatable bonds is 5. The van der Waals surface area contributed by atoms with E-state index in [9.17, 15) is 9.90 Å². The van der Waals surface area contributed by atoms with Gasteiger partial charge in [0, 0.05) is 45.8 Å². The van der Waals surface area contributed by atoms with Crippen LogP contribution in [0.4, 0.5) is 0 Å². The number of carbonyl (C=O) groups excluding carboxylic acids is 1. The molecular weight excluding hydrogens is 314 g/mol. The zero-order chi connectivity index (χ0) is 17.7. The Balaban J connectivity index is 1.44. The van der Waals surface area contributed by atoms with E-state index >= 15 is 0 Å². The highest BCUT2D eigenvalue weighted by atomic mass is 16.3. The number of nitrogens with zero attached hydrogens (tertiary/aromatic N) is 3. The number of likely N-dealkylation sites (tertiary alicyclic amines) is 1. The highest BCUT2D eigenvalue weighted by molar-refractivity contribution is 5.78. The zero-order valence-electron chi connectivity index (χ0n) is 15.4. The number of hydrogen-bond donors (Lipinski definition) is 1. The number of carbonyl (C=O) groups is 1. The first-order valence-corrected chi connectivity index (χ1v) is 9.55. The summed E-state index contributed by atoms with van der Waals surface area (Å²) in [6.07, 6.45) is 3.55. The van der Waals surface area contributed by atoms with Crippen molar-refractivity contribution in [2.24, 2.45) is 0 Å². The minimum atomic E-state index is -0.840. The van der Waals surface area contributed by atoms with Gasteiger partial charge in [-0.15, -0.1) is 0 Å². The molecule has 5 nitrogen and oxygen atoms in total. The third-order valence-corrected chi connectivity index (χ3v) is 5.46. The number of benzene rings is 1. The fraction of sp³-hybridized carbons (Fsp3) is 0.650. The van der Waals surface area contributed by atoms with Gasteiger partial charge in [0.05, 0.1) is 12.1 Å². The van der Waals surface area contributed by atoms with Crippen LogP contribution in [0.25, 0.3) is 0 Å². The van der Waals surface area contributed by atoms with Crippen LogP contribution in [0.3, 0.4) is 0 Å². The van der Waals surface area contributed by atoms with Crippen molar-refractivity contribution < 1.29 is 9.90 Å². The molecule has 2 fully saturated rings. The quantitative estimate of drug-likeness (QED) is 0.879. The number of piperazine rings is 1. The summed E-state index contributed by atoms with van der Waals surface area (Å²) in [5, 5.41) is 10.8. The van der Waals surface area contributed by atoms with Crippen LogP contribution in [-0.2, 0) is 10.4 Å². The molecule has 0 radical (unpaired) electrons. The summed E-state index contributed by atoms with van der Waals surface area (Å²) in [5.41, 5.74) is 0.116. The van der Waals surface area contributed by atoms with Gasteiger partial charge >= 0.3 is 0 Å². The van der Waals surface area contributed by atoms with Crippen molar-refractivity contribution in [1.82, 2.24) is 14.7 Å². The summed E-state index contributed by atoms with van der Waals surface area (Å²) in [6.45, 7) is 8.50. The maximum absolute atomic E-state index is 12.4. The summed E-state index contributed by atoms with van der Waals surface area (Å²) >= 11 is 0. The zero-order valence-corrected chi connectivity index (χ0v) is 15.4. The number of aliphatic hydroxyl groups is 1. The lowest BCUT2D eigenvalue weighted by molar-refractivity contribution is -0.133. The summed E-state index contributed by atoms with van der Waals surface area (Å²) in [6, 6.07) is 9.86. The first-order chi connectivity index (χ1) is 12.0. The van der Waals surface area contributed by atoms with E-state index in [1.165, 1.54) is 6.42 Å². The largest absolute Gasteiger partial charge is 0.384 e. The van der Waals surface area contributed by atoms with Gasteiger partial charge in [-0.3, -0.25) is 14.6 Å². The minimum absolute atomic E-state index is 0.282. The molecule has 0 saturated carbocycles. The van der Waals surface area contributed by atoms with Crippen LogP contribution < -0.4 is 0 Å². The van der Waals surface area contributed by atoms with E-state index in [4.69, 9.17) is 0 Å². The van der Waals surface area contributed by atoms with Crippen LogP contribution in [0.15, 0.2) is 30.3 Å². The van der Waals surface area contributed by atoms with Gasteiger partial charge in [0.2, 0.25) is 5.91 Å². The molecule has 2 aliphatic rings. The molecule has 5 heteroatoms. The van der Waals surface area contributed by atoms with Gasteiger partial charge in [0.25, 0.3) is 0 Å². The SMILES string of the molecule is CC(O)(CN1CCN(CC(=O)N2CCCCC2)CC1)c1ccccc1. The lowest BCUT2D eigenvalue weighted by atomic mass is 9.95. The first kappa shape index (κ1) is 18.4.